The van der Waals surface area contributed by atoms with Crippen molar-refractivity contribution >= 4 is 28.5 Å². The molecule has 3 aromatic rings. The Balaban J connectivity index is 1.65. The van der Waals surface area contributed by atoms with Gasteiger partial charge >= 0.3 is 0 Å². The molecule has 0 saturated heterocycles. The highest BCUT2D eigenvalue weighted by Crippen LogP contribution is 2.27. The van der Waals surface area contributed by atoms with Crippen molar-refractivity contribution < 1.29 is 14.4 Å². The van der Waals surface area contributed by atoms with E-state index in [9.17, 15) is 14.4 Å². The molecule has 5 nitrogen and oxygen atoms in total. The van der Waals surface area contributed by atoms with E-state index in [0.717, 1.165) is 22.9 Å². The molecule has 1 aromatic heterocycles. The van der Waals surface area contributed by atoms with Crippen molar-refractivity contribution in [3.63, 3.8) is 0 Å². The highest BCUT2D eigenvalue weighted by molar-refractivity contribution is 6.21. The highest BCUT2D eigenvalue weighted by Gasteiger charge is 2.35. The number of benzene rings is 2. The molecule has 0 radical (unpaired) electrons. The van der Waals surface area contributed by atoms with Crippen LogP contribution in [0.1, 0.15) is 56.5 Å². The van der Waals surface area contributed by atoms with Crippen molar-refractivity contribution in [1.82, 2.24) is 9.88 Å². The third-order valence-electron chi connectivity index (χ3n) is 5.03. The molecule has 1 N–H and O–H groups in total. The first kappa shape index (κ1) is 17.2. The summed E-state index contributed by atoms with van der Waals surface area (Å²) in [6.45, 7) is 2.22. The van der Waals surface area contributed by atoms with Gasteiger partial charge in [0.2, 0.25) is 0 Å². The Labute approximate surface area is 157 Å². The Kier molecular flexibility index (Phi) is 4.36. The summed E-state index contributed by atoms with van der Waals surface area (Å²) in [5, 5.41) is 0.966. The number of carbonyl (C=O) groups excluding carboxylic acids is 3. The number of Topliss-reactive ketones (excluding diaryl/α,β-unsaturated/α-hetero) is 1. The van der Waals surface area contributed by atoms with Crippen LogP contribution in [-0.4, -0.2) is 34.0 Å². The monoisotopic (exact) mass is 360 g/mol. The molecule has 0 fully saturated rings. The van der Waals surface area contributed by atoms with Crippen LogP contribution < -0.4 is 0 Å². The van der Waals surface area contributed by atoms with Crippen LogP contribution in [0.25, 0.3) is 10.9 Å². The molecule has 2 amide bonds. The lowest BCUT2D eigenvalue weighted by Crippen LogP contribution is -2.32. The Morgan fingerprint density at radius 3 is 2.26 bits per heavy atom. The molecule has 2 aromatic carbocycles. The number of hydrogen-bond acceptors (Lipinski definition) is 3. The number of fused-ring (bicyclic) bond motifs is 2. The second kappa shape index (κ2) is 6.83. The Hall–Kier alpha value is -3.21. The lowest BCUT2D eigenvalue weighted by Gasteiger charge is -2.14. The van der Waals surface area contributed by atoms with Crippen LogP contribution in [0.15, 0.2) is 48.5 Å². The van der Waals surface area contributed by atoms with E-state index < -0.39 is 0 Å². The third kappa shape index (κ3) is 2.85. The van der Waals surface area contributed by atoms with Crippen LogP contribution in [0.5, 0.6) is 0 Å². The normalized spacial score (nSPS) is 13.4. The summed E-state index contributed by atoms with van der Waals surface area (Å²) in [6, 6.07) is 14.6. The minimum absolute atomic E-state index is 0.0612. The van der Waals surface area contributed by atoms with Crippen LogP contribution in [-0.2, 0) is 6.42 Å². The van der Waals surface area contributed by atoms with Gasteiger partial charge in [0.05, 0.1) is 16.8 Å². The van der Waals surface area contributed by atoms with Gasteiger partial charge in [0.1, 0.15) is 0 Å². The molecule has 1 aliphatic rings. The number of nitrogens with one attached hydrogen (secondary N) is 1. The number of H-pyrrole nitrogens is 1. The van der Waals surface area contributed by atoms with Gasteiger partial charge in [-0.2, -0.15) is 0 Å². The number of hydrogen-bond donors (Lipinski definition) is 1. The van der Waals surface area contributed by atoms with Gasteiger partial charge in [0, 0.05) is 23.9 Å². The van der Waals surface area contributed by atoms with Gasteiger partial charge in [0.15, 0.2) is 5.78 Å². The molecule has 0 atom stereocenters. The number of para-hydroxylation sites is 1. The van der Waals surface area contributed by atoms with Crippen molar-refractivity contribution in [1.29, 1.82) is 0 Å². The maximum absolute atomic E-state index is 12.6. The van der Waals surface area contributed by atoms with E-state index in [1.807, 2.05) is 31.2 Å². The van der Waals surface area contributed by atoms with Crippen molar-refractivity contribution in [3.8, 4) is 0 Å². The van der Waals surface area contributed by atoms with Crippen molar-refractivity contribution in [3.05, 3.63) is 70.9 Å². The Morgan fingerprint density at radius 2 is 1.59 bits per heavy atom. The molecule has 4 rings (SSSR count). The summed E-state index contributed by atoms with van der Waals surface area (Å²) in [4.78, 5) is 42.2. The summed E-state index contributed by atoms with van der Waals surface area (Å²) >= 11 is 0. The molecule has 0 unspecified atom stereocenters. The molecule has 0 spiro atoms. The fraction of sp³-hybridized carbons (Fsp3) is 0.227. The lowest BCUT2D eigenvalue weighted by atomic mass is 10.0. The van der Waals surface area contributed by atoms with Crippen LogP contribution in [0.4, 0.5) is 0 Å². The molecule has 136 valence electrons. The largest absolute Gasteiger partial charge is 0.352 e. The number of imide groups is 1. The molecule has 0 bridgehead atoms. The number of carbonyl (C=O) groups is 3. The second-order valence-corrected chi connectivity index (χ2v) is 6.75. The van der Waals surface area contributed by atoms with Crippen LogP contribution >= 0.6 is 0 Å². The van der Waals surface area contributed by atoms with E-state index >= 15 is 0 Å². The standard InChI is InChI=1S/C22H20N2O3/c1-2-7-19(25)20-15(14-8-5-6-11-18(14)23-20)12-13-24-21(26)16-9-3-4-10-17(16)22(24)27/h3-6,8-11,23H,2,7,12-13H2,1H3. The van der Waals surface area contributed by atoms with Crippen molar-refractivity contribution in [2.45, 2.75) is 26.2 Å². The summed E-state index contributed by atoms with van der Waals surface area (Å²) in [5.74, 6) is -0.472. The van der Waals surface area contributed by atoms with E-state index in [2.05, 4.69) is 4.98 Å². The zero-order valence-electron chi connectivity index (χ0n) is 15.1. The van der Waals surface area contributed by atoms with Gasteiger partial charge in [-0.05, 0) is 36.6 Å². The highest BCUT2D eigenvalue weighted by atomic mass is 16.2. The topological polar surface area (TPSA) is 70.2 Å². The zero-order valence-corrected chi connectivity index (χ0v) is 15.1. The van der Waals surface area contributed by atoms with Gasteiger partial charge < -0.3 is 4.98 Å². The first-order chi connectivity index (χ1) is 13.1. The average molecular weight is 360 g/mol. The number of nitrogens with zero attached hydrogens (tertiary/aromatic N) is 1. The lowest BCUT2D eigenvalue weighted by molar-refractivity contribution is 0.0656. The molecular weight excluding hydrogens is 340 g/mol. The van der Waals surface area contributed by atoms with Gasteiger partial charge in [-0.25, -0.2) is 0 Å². The van der Waals surface area contributed by atoms with Gasteiger partial charge in [-0.3, -0.25) is 19.3 Å². The van der Waals surface area contributed by atoms with Crippen LogP contribution in [0, 0.1) is 0 Å². The number of rotatable bonds is 6. The van der Waals surface area contributed by atoms with E-state index in [0.29, 0.717) is 29.7 Å². The Bertz CT molecular complexity index is 1030. The maximum Gasteiger partial charge on any atom is 0.261 e. The van der Waals surface area contributed by atoms with E-state index in [4.69, 9.17) is 0 Å². The number of aromatic amines is 1. The first-order valence-electron chi connectivity index (χ1n) is 9.19. The molecule has 0 saturated carbocycles. The van der Waals surface area contributed by atoms with Gasteiger partial charge in [-0.15, -0.1) is 0 Å². The van der Waals surface area contributed by atoms with Crippen molar-refractivity contribution in [2.24, 2.45) is 0 Å². The van der Waals surface area contributed by atoms with Crippen LogP contribution in [0.2, 0.25) is 0 Å². The average Bonchev–Trinajstić information content (AvgIpc) is 3.17. The smallest absolute Gasteiger partial charge is 0.261 e. The molecule has 1 aliphatic heterocycles. The third-order valence-corrected chi connectivity index (χ3v) is 5.03. The van der Waals surface area contributed by atoms with Gasteiger partial charge in [0.25, 0.3) is 11.8 Å². The second-order valence-electron chi connectivity index (χ2n) is 6.75. The number of aromatic nitrogens is 1. The maximum atomic E-state index is 12.6. The molecule has 27 heavy (non-hydrogen) atoms. The van der Waals surface area contributed by atoms with E-state index in [-0.39, 0.29) is 24.1 Å². The summed E-state index contributed by atoms with van der Waals surface area (Å²) in [7, 11) is 0. The SMILES string of the molecule is CCCC(=O)c1[nH]c2ccccc2c1CCN1C(=O)c2ccccc2C1=O. The minimum Gasteiger partial charge on any atom is -0.352 e. The van der Waals surface area contributed by atoms with E-state index in [1.54, 1.807) is 24.3 Å². The quantitative estimate of drug-likeness (QED) is 0.534. The Morgan fingerprint density at radius 1 is 0.963 bits per heavy atom. The molecule has 0 aliphatic carbocycles. The number of ketones is 1. The van der Waals surface area contributed by atoms with Gasteiger partial charge in [-0.1, -0.05) is 37.3 Å². The van der Waals surface area contributed by atoms with Crippen molar-refractivity contribution in [2.75, 3.05) is 6.54 Å². The van der Waals surface area contributed by atoms with Crippen LogP contribution in [0.3, 0.4) is 0 Å². The predicted octanol–water partition coefficient (Wildman–Crippen LogP) is 3.99. The summed E-state index contributed by atoms with van der Waals surface area (Å²) in [5.41, 5.74) is 3.26. The first-order valence-corrected chi connectivity index (χ1v) is 9.19. The van der Waals surface area contributed by atoms with E-state index in [1.165, 1.54) is 4.90 Å². The summed E-state index contributed by atoms with van der Waals surface area (Å²) < 4.78 is 0. The predicted molar refractivity (Wildman–Crippen MR) is 103 cm³/mol. The molecule has 5 heteroatoms. The zero-order chi connectivity index (χ0) is 19.0. The molecule has 2 heterocycles. The fourth-order valence-corrected chi connectivity index (χ4v) is 3.72. The minimum atomic E-state index is -0.267. The summed E-state index contributed by atoms with van der Waals surface area (Å²) in [6.07, 6.45) is 1.68. The molecular formula is C22H20N2O3. The fourth-order valence-electron chi connectivity index (χ4n) is 3.72. The number of amides is 2.